The molecular formula is C16H19N5O3S. The predicted octanol–water partition coefficient (Wildman–Crippen LogP) is 1.36. The Kier molecular flexibility index (Phi) is 7.17. The molecule has 0 spiro atoms. The maximum absolute atomic E-state index is 10.6. The Morgan fingerprint density at radius 3 is 2.76 bits per heavy atom. The molecule has 0 saturated heterocycles. The lowest BCUT2D eigenvalue weighted by Gasteiger charge is -2.09. The second-order valence-electron chi connectivity index (χ2n) is 4.95. The van der Waals surface area contributed by atoms with Gasteiger partial charge in [0.05, 0.1) is 29.5 Å². The van der Waals surface area contributed by atoms with Gasteiger partial charge in [-0.1, -0.05) is 12.1 Å². The summed E-state index contributed by atoms with van der Waals surface area (Å²) in [5, 5.41) is 7.30. The molecule has 9 heteroatoms. The highest BCUT2D eigenvalue weighted by Crippen LogP contribution is 2.08. The third kappa shape index (κ3) is 6.40. The lowest BCUT2D eigenvalue weighted by molar-refractivity contribution is -0.142. The summed E-state index contributed by atoms with van der Waals surface area (Å²) >= 11 is 5.09. The first kappa shape index (κ1) is 18.7. The maximum atomic E-state index is 10.6. The van der Waals surface area contributed by atoms with E-state index in [0.29, 0.717) is 16.5 Å². The second-order valence-corrected chi connectivity index (χ2v) is 5.36. The average molecular weight is 361 g/mol. The number of rotatable bonds is 7. The Bertz CT molecular complexity index is 781. The standard InChI is InChI=1S/C16H19N5O3S/c1-11(15-9-17-13-5-3-4-6-14(13)19-15)20-21-16(25)18-10-23-7-8-24-12(2)22/h3-6,9H,7-8,10H2,1-2H3,(H2,18,21,25)/b20-11+. The minimum Gasteiger partial charge on any atom is -0.463 e. The number of esters is 1. The molecule has 1 heterocycles. The van der Waals surface area contributed by atoms with E-state index < -0.39 is 0 Å². The van der Waals surface area contributed by atoms with Crippen LogP contribution >= 0.6 is 12.2 Å². The van der Waals surface area contributed by atoms with Crippen LogP contribution in [0.4, 0.5) is 0 Å². The summed E-state index contributed by atoms with van der Waals surface area (Å²) in [5.41, 5.74) is 5.65. The predicted molar refractivity (Wildman–Crippen MR) is 98.1 cm³/mol. The number of fused-ring (bicyclic) bond motifs is 1. The molecule has 0 amide bonds. The summed E-state index contributed by atoms with van der Waals surface area (Å²) in [6.45, 7) is 3.82. The number of carbonyl (C=O) groups is 1. The van der Waals surface area contributed by atoms with Crippen LogP contribution < -0.4 is 10.7 Å². The van der Waals surface area contributed by atoms with Crippen LogP contribution in [-0.2, 0) is 14.3 Å². The number of ether oxygens (including phenoxy) is 2. The molecule has 0 saturated carbocycles. The van der Waals surface area contributed by atoms with Crippen molar-refractivity contribution in [1.29, 1.82) is 0 Å². The van der Waals surface area contributed by atoms with Gasteiger partial charge in [0.2, 0.25) is 0 Å². The van der Waals surface area contributed by atoms with Gasteiger partial charge < -0.3 is 14.8 Å². The smallest absolute Gasteiger partial charge is 0.302 e. The van der Waals surface area contributed by atoms with Crippen LogP contribution in [0.2, 0.25) is 0 Å². The van der Waals surface area contributed by atoms with Crippen LogP contribution in [0.3, 0.4) is 0 Å². The highest BCUT2D eigenvalue weighted by molar-refractivity contribution is 7.80. The average Bonchev–Trinajstić information content (AvgIpc) is 2.61. The van der Waals surface area contributed by atoms with Crippen molar-refractivity contribution in [3.8, 4) is 0 Å². The molecule has 0 unspecified atom stereocenters. The Morgan fingerprint density at radius 2 is 2.00 bits per heavy atom. The first-order valence-corrected chi connectivity index (χ1v) is 7.98. The number of aromatic nitrogens is 2. The van der Waals surface area contributed by atoms with Crippen molar-refractivity contribution in [2.75, 3.05) is 19.9 Å². The Morgan fingerprint density at radius 1 is 1.24 bits per heavy atom. The molecule has 1 aromatic carbocycles. The Hall–Kier alpha value is -2.65. The normalized spacial score (nSPS) is 11.2. The SMILES string of the molecule is CC(=O)OCCOCNC(=S)N/N=C(\C)c1cnc2ccccc2n1. The fourth-order valence-electron chi connectivity index (χ4n) is 1.80. The van der Waals surface area contributed by atoms with Crippen LogP contribution in [0.25, 0.3) is 11.0 Å². The molecule has 8 nitrogen and oxygen atoms in total. The molecule has 0 fully saturated rings. The number of para-hydroxylation sites is 2. The van der Waals surface area contributed by atoms with Crippen LogP contribution in [0.15, 0.2) is 35.6 Å². The van der Waals surface area contributed by atoms with E-state index in [1.54, 1.807) is 6.20 Å². The van der Waals surface area contributed by atoms with Gasteiger partial charge in [0, 0.05) is 6.92 Å². The van der Waals surface area contributed by atoms with E-state index in [2.05, 4.69) is 25.8 Å². The van der Waals surface area contributed by atoms with Crippen molar-refractivity contribution in [1.82, 2.24) is 20.7 Å². The van der Waals surface area contributed by atoms with E-state index in [-0.39, 0.29) is 25.9 Å². The van der Waals surface area contributed by atoms with Crippen LogP contribution in [0, 0.1) is 0 Å². The van der Waals surface area contributed by atoms with E-state index in [1.165, 1.54) is 6.92 Å². The molecule has 0 aliphatic rings. The number of hydrazone groups is 1. The van der Waals surface area contributed by atoms with Crippen molar-refractivity contribution >= 4 is 40.0 Å². The van der Waals surface area contributed by atoms with Gasteiger partial charge in [-0.25, -0.2) is 4.98 Å². The molecule has 1 aromatic heterocycles. The number of hydrogen-bond donors (Lipinski definition) is 2. The fourth-order valence-corrected chi connectivity index (χ4v) is 1.90. The zero-order chi connectivity index (χ0) is 18.1. The molecule has 2 N–H and O–H groups in total. The minimum atomic E-state index is -0.338. The van der Waals surface area contributed by atoms with Crippen molar-refractivity contribution in [2.24, 2.45) is 5.10 Å². The fraction of sp³-hybridized carbons (Fsp3) is 0.312. The largest absolute Gasteiger partial charge is 0.463 e. The lowest BCUT2D eigenvalue weighted by Crippen LogP contribution is -2.34. The van der Waals surface area contributed by atoms with Crippen molar-refractivity contribution in [3.63, 3.8) is 0 Å². The molecule has 0 radical (unpaired) electrons. The van der Waals surface area contributed by atoms with Gasteiger partial charge in [0.25, 0.3) is 0 Å². The molecule has 132 valence electrons. The van der Waals surface area contributed by atoms with Gasteiger partial charge in [0.15, 0.2) is 5.11 Å². The molecule has 0 aliphatic heterocycles. The van der Waals surface area contributed by atoms with E-state index in [0.717, 1.165) is 11.0 Å². The third-order valence-electron chi connectivity index (χ3n) is 3.01. The Labute approximate surface area is 150 Å². The highest BCUT2D eigenvalue weighted by Gasteiger charge is 2.03. The van der Waals surface area contributed by atoms with E-state index in [1.807, 2.05) is 31.2 Å². The number of benzene rings is 1. The molecule has 25 heavy (non-hydrogen) atoms. The van der Waals surface area contributed by atoms with Crippen LogP contribution in [0.1, 0.15) is 19.5 Å². The van der Waals surface area contributed by atoms with E-state index in [9.17, 15) is 4.79 Å². The lowest BCUT2D eigenvalue weighted by atomic mass is 10.2. The first-order chi connectivity index (χ1) is 12.1. The quantitative estimate of drug-likeness (QED) is 0.190. The number of hydrogen-bond acceptors (Lipinski definition) is 7. The molecule has 0 atom stereocenters. The van der Waals surface area contributed by atoms with Crippen LogP contribution in [-0.4, -0.2) is 46.7 Å². The van der Waals surface area contributed by atoms with Gasteiger partial charge in [0.1, 0.15) is 19.0 Å². The summed E-state index contributed by atoms with van der Waals surface area (Å²) in [7, 11) is 0. The number of thiocarbonyl (C=S) groups is 1. The summed E-state index contributed by atoms with van der Waals surface area (Å²) in [4.78, 5) is 19.4. The summed E-state index contributed by atoms with van der Waals surface area (Å²) < 4.78 is 9.94. The molecule has 2 aromatic rings. The number of carbonyl (C=O) groups excluding carboxylic acids is 1. The number of nitrogens with one attached hydrogen (secondary N) is 2. The van der Waals surface area contributed by atoms with E-state index in [4.69, 9.17) is 21.7 Å². The van der Waals surface area contributed by atoms with Gasteiger partial charge in [-0.3, -0.25) is 15.2 Å². The summed E-state index contributed by atoms with van der Waals surface area (Å²) in [6.07, 6.45) is 1.66. The zero-order valence-corrected chi connectivity index (χ0v) is 14.8. The first-order valence-electron chi connectivity index (χ1n) is 7.57. The van der Waals surface area contributed by atoms with Gasteiger partial charge in [-0.2, -0.15) is 5.10 Å². The summed E-state index contributed by atoms with van der Waals surface area (Å²) in [6, 6.07) is 7.62. The number of nitrogens with zero attached hydrogens (tertiary/aromatic N) is 3. The van der Waals surface area contributed by atoms with E-state index >= 15 is 0 Å². The second kappa shape index (κ2) is 9.60. The zero-order valence-electron chi connectivity index (χ0n) is 14.0. The monoisotopic (exact) mass is 361 g/mol. The topological polar surface area (TPSA) is 97.7 Å². The van der Waals surface area contributed by atoms with Crippen LogP contribution in [0.5, 0.6) is 0 Å². The van der Waals surface area contributed by atoms with Gasteiger partial charge in [-0.05, 0) is 31.3 Å². The van der Waals surface area contributed by atoms with Gasteiger partial charge >= 0.3 is 5.97 Å². The van der Waals surface area contributed by atoms with Crippen molar-refractivity contribution in [3.05, 3.63) is 36.2 Å². The molecule has 2 rings (SSSR count). The maximum Gasteiger partial charge on any atom is 0.302 e. The van der Waals surface area contributed by atoms with Crippen molar-refractivity contribution in [2.45, 2.75) is 13.8 Å². The third-order valence-corrected chi connectivity index (χ3v) is 3.25. The summed E-state index contributed by atoms with van der Waals surface area (Å²) in [5.74, 6) is -0.338. The molecule has 0 aliphatic carbocycles. The Balaban J connectivity index is 1.77. The minimum absolute atomic E-state index is 0.178. The molecule has 0 bridgehead atoms. The van der Waals surface area contributed by atoms with Crippen molar-refractivity contribution < 1.29 is 14.3 Å². The molecular weight excluding hydrogens is 342 g/mol. The highest BCUT2D eigenvalue weighted by atomic mass is 32.1. The van der Waals surface area contributed by atoms with Gasteiger partial charge in [-0.15, -0.1) is 0 Å².